The van der Waals surface area contributed by atoms with Crippen LogP contribution < -0.4 is 14.5 Å². The molecule has 0 aliphatic carbocycles. The number of amides is 2. The van der Waals surface area contributed by atoms with Gasteiger partial charge in [0.25, 0.3) is 5.91 Å². The summed E-state index contributed by atoms with van der Waals surface area (Å²) in [6.45, 7) is 0.694. The van der Waals surface area contributed by atoms with Gasteiger partial charge in [-0.3, -0.25) is 9.59 Å². The van der Waals surface area contributed by atoms with Gasteiger partial charge in [0.1, 0.15) is 0 Å². The molecule has 2 aliphatic heterocycles. The lowest BCUT2D eigenvalue weighted by atomic mass is 10.1. The zero-order chi connectivity index (χ0) is 23.2. The van der Waals surface area contributed by atoms with Crippen LogP contribution in [0.15, 0.2) is 71.6 Å². The van der Waals surface area contributed by atoms with Crippen molar-refractivity contribution >= 4 is 33.2 Å². The van der Waals surface area contributed by atoms with E-state index in [1.54, 1.807) is 36.2 Å². The van der Waals surface area contributed by atoms with Crippen LogP contribution in [0.25, 0.3) is 0 Å². The van der Waals surface area contributed by atoms with Crippen molar-refractivity contribution in [3.8, 4) is 0 Å². The number of hydrogen-bond acceptors (Lipinski definition) is 4. The summed E-state index contributed by atoms with van der Waals surface area (Å²) in [5.41, 5.74) is 4.72. The fraction of sp³-hybridized carbons (Fsp3) is 0.200. The molecular formula is C25H23N3O4S. The third-order valence-electron chi connectivity index (χ3n) is 6.22. The predicted octanol–water partition coefficient (Wildman–Crippen LogP) is 2.89. The van der Waals surface area contributed by atoms with Crippen molar-refractivity contribution in [2.24, 2.45) is 0 Å². The number of nitrogens with zero attached hydrogens (tertiary/aromatic N) is 2. The number of fused-ring (bicyclic) bond motifs is 2. The highest BCUT2D eigenvalue weighted by molar-refractivity contribution is 7.89. The van der Waals surface area contributed by atoms with Crippen LogP contribution in [0.5, 0.6) is 0 Å². The number of hydrogen-bond donors (Lipinski definition) is 1. The van der Waals surface area contributed by atoms with Crippen molar-refractivity contribution in [1.29, 1.82) is 0 Å². The van der Waals surface area contributed by atoms with Gasteiger partial charge in [-0.1, -0.05) is 30.3 Å². The van der Waals surface area contributed by atoms with Crippen LogP contribution in [0.3, 0.4) is 0 Å². The molecule has 0 atom stereocenters. The van der Waals surface area contributed by atoms with Crippen LogP contribution in [-0.4, -0.2) is 33.8 Å². The van der Waals surface area contributed by atoms with E-state index < -0.39 is 10.0 Å². The highest BCUT2D eigenvalue weighted by atomic mass is 32.2. The molecule has 7 nitrogen and oxygen atoms in total. The zero-order valence-corrected chi connectivity index (χ0v) is 18.9. The Bertz CT molecular complexity index is 1370. The molecule has 0 radical (unpaired) electrons. The molecule has 0 spiro atoms. The van der Waals surface area contributed by atoms with Crippen molar-refractivity contribution in [1.82, 2.24) is 4.72 Å². The maximum Gasteiger partial charge on any atom is 0.258 e. The maximum atomic E-state index is 12.9. The summed E-state index contributed by atoms with van der Waals surface area (Å²) in [5.74, 6) is -0.120. The van der Waals surface area contributed by atoms with E-state index in [9.17, 15) is 18.0 Å². The first-order valence-electron chi connectivity index (χ1n) is 10.7. The van der Waals surface area contributed by atoms with Gasteiger partial charge >= 0.3 is 0 Å². The first-order valence-corrected chi connectivity index (χ1v) is 12.2. The van der Waals surface area contributed by atoms with Crippen molar-refractivity contribution in [3.63, 3.8) is 0 Å². The molecule has 2 aliphatic rings. The lowest BCUT2D eigenvalue weighted by Crippen LogP contribution is -2.29. The van der Waals surface area contributed by atoms with E-state index in [-0.39, 0.29) is 29.7 Å². The highest BCUT2D eigenvalue weighted by Crippen LogP contribution is 2.31. The molecule has 0 unspecified atom stereocenters. The van der Waals surface area contributed by atoms with Gasteiger partial charge in [-0.2, -0.15) is 0 Å². The van der Waals surface area contributed by atoms with E-state index in [2.05, 4.69) is 4.72 Å². The minimum absolute atomic E-state index is 0.0553. The smallest absolute Gasteiger partial charge is 0.258 e. The molecule has 3 aromatic carbocycles. The van der Waals surface area contributed by atoms with Gasteiger partial charge in [-0.15, -0.1) is 0 Å². The summed E-state index contributed by atoms with van der Waals surface area (Å²) in [5, 5.41) is 0. The van der Waals surface area contributed by atoms with Crippen LogP contribution in [0, 0.1) is 0 Å². The molecule has 3 aromatic rings. The number of benzene rings is 3. The number of anilines is 2. The average Bonchev–Trinajstić information content (AvgIpc) is 3.37. The molecule has 5 rings (SSSR count). The summed E-state index contributed by atoms with van der Waals surface area (Å²) in [7, 11) is -2.08. The summed E-state index contributed by atoms with van der Waals surface area (Å²) in [6.07, 6.45) is 0.966. The van der Waals surface area contributed by atoms with Gasteiger partial charge in [-0.05, 0) is 59.5 Å². The summed E-state index contributed by atoms with van der Waals surface area (Å²) in [6, 6.07) is 19.6. The van der Waals surface area contributed by atoms with Gasteiger partial charge in [0.15, 0.2) is 0 Å². The van der Waals surface area contributed by atoms with Gasteiger partial charge < -0.3 is 9.80 Å². The van der Waals surface area contributed by atoms with E-state index in [1.165, 1.54) is 11.0 Å². The Morgan fingerprint density at radius 2 is 1.76 bits per heavy atom. The van der Waals surface area contributed by atoms with Gasteiger partial charge in [-0.25, -0.2) is 13.1 Å². The standard InChI is InChI=1S/C25H23N3O4S/c1-27-22-10-9-21(14-20(22)15-24(27)29)33(31,32)26-16-17-7-8-18-11-12-28(23(18)13-17)25(30)19-5-3-2-4-6-19/h2-10,13-14,26H,11-12,15-16H2,1H3. The van der Waals surface area contributed by atoms with E-state index in [1.807, 2.05) is 36.4 Å². The monoisotopic (exact) mass is 461 g/mol. The molecule has 1 N–H and O–H groups in total. The van der Waals surface area contributed by atoms with Crippen LogP contribution in [0.2, 0.25) is 0 Å². The number of carbonyl (C=O) groups is 2. The molecule has 33 heavy (non-hydrogen) atoms. The number of nitrogens with one attached hydrogen (secondary N) is 1. The van der Waals surface area contributed by atoms with E-state index >= 15 is 0 Å². The molecule has 2 heterocycles. The maximum absolute atomic E-state index is 12.9. The average molecular weight is 462 g/mol. The lowest BCUT2D eigenvalue weighted by Gasteiger charge is -2.18. The Hall–Kier alpha value is -3.49. The zero-order valence-electron chi connectivity index (χ0n) is 18.1. The third-order valence-corrected chi connectivity index (χ3v) is 7.61. The topological polar surface area (TPSA) is 86.8 Å². The highest BCUT2D eigenvalue weighted by Gasteiger charge is 2.27. The lowest BCUT2D eigenvalue weighted by molar-refractivity contribution is -0.117. The Kier molecular flexibility index (Phi) is 5.26. The molecule has 0 bridgehead atoms. The first-order chi connectivity index (χ1) is 15.8. The molecule has 168 valence electrons. The van der Waals surface area contributed by atoms with E-state index in [4.69, 9.17) is 0 Å². The number of carbonyl (C=O) groups excluding carboxylic acids is 2. The first kappa shape index (κ1) is 21.4. The van der Waals surface area contributed by atoms with Gasteiger partial charge in [0, 0.05) is 37.1 Å². The van der Waals surface area contributed by atoms with Crippen LogP contribution in [0.4, 0.5) is 11.4 Å². The second-order valence-electron chi connectivity index (χ2n) is 8.28. The molecule has 0 fully saturated rings. The van der Waals surface area contributed by atoms with Crippen molar-refractivity contribution in [2.75, 3.05) is 23.4 Å². The second kappa shape index (κ2) is 8.13. The van der Waals surface area contributed by atoms with E-state index in [0.29, 0.717) is 17.7 Å². The van der Waals surface area contributed by atoms with Crippen molar-refractivity contribution in [2.45, 2.75) is 24.3 Å². The molecule has 0 saturated carbocycles. The fourth-order valence-electron chi connectivity index (χ4n) is 4.36. The van der Waals surface area contributed by atoms with Crippen molar-refractivity contribution in [3.05, 3.63) is 89.0 Å². The number of rotatable bonds is 5. The second-order valence-corrected chi connectivity index (χ2v) is 10.0. The fourth-order valence-corrected chi connectivity index (χ4v) is 5.43. The minimum Gasteiger partial charge on any atom is -0.315 e. The number of likely N-dealkylation sites (N-methyl/N-ethyl adjacent to an activating group) is 1. The summed E-state index contributed by atoms with van der Waals surface area (Å²) < 4.78 is 28.4. The molecule has 0 aromatic heterocycles. The molecular weight excluding hydrogens is 438 g/mol. The van der Waals surface area contributed by atoms with Crippen LogP contribution >= 0.6 is 0 Å². The van der Waals surface area contributed by atoms with Crippen LogP contribution in [0.1, 0.15) is 27.0 Å². The van der Waals surface area contributed by atoms with Crippen LogP contribution in [-0.2, 0) is 34.2 Å². The predicted molar refractivity (Wildman–Crippen MR) is 126 cm³/mol. The number of sulfonamides is 1. The largest absolute Gasteiger partial charge is 0.315 e. The third kappa shape index (κ3) is 3.92. The SMILES string of the molecule is CN1C(=O)Cc2cc(S(=O)(=O)NCc3ccc4c(c3)N(C(=O)c3ccccc3)CC4)ccc21. The van der Waals surface area contributed by atoms with E-state index in [0.717, 1.165) is 28.9 Å². The summed E-state index contributed by atoms with van der Waals surface area (Å²) in [4.78, 5) is 28.3. The molecule has 0 saturated heterocycles. The normalized spacial score (nSPS) is 15.0. The molecule has 8 heteroatoms. The minimum atomic E-state index is -3.76. The quantitative estimate of drug-likeness (QED) is 0.633. The van der Waals surface area contributed by atoms with Gasteiger partial charge in [0.05, 0.1) is 11.3 Å². The van der Waals surface area contributed by atoms with Crippen molar-refractivity contribution < 1.29 is 18.0 Å². The summed E-state index contributed by atoms with van der Waals surface area (Å²) >= 11 is 0. The Morgan fingerprint density at radius 3 is 2.55 bits per heavy atom. The van der Waals surface area contributed by atoms with Gasteiger partial charge in [0.2, 0.25) is 15.9 Å². The Labute approximate surface area is 192 Å². The Balaban J connectivity index is 1.34. The molecule has 2 amide bonds. The Morgan fingerprint density at radius 1 is 0.970 bits per heavy atom.